The fourth-order valence-electron chi connectivity index (χ4n) is 2.77. The van der Waals surface area contributed by atoms with E-state index in [9.17, 15) is 4.79 Å². The normalized spacial score (nSPS) is 18.2. The molecule has 1 fully saturated rings. The Bertz CT molecular complexity index is 553. The average molecular weight is 335 g/mol. The van der Waals surface area contributed by atoms with E-state index in [1.165, 1.54) is 0 Å². The van der Waals surface area contributed by atoms with Gasteiger partial charge in [0.05, 0.1) is 19.1 Å². The monoisotopic (exact) mass is 334 g/mol. The summed E-state index contributed by atoms with van der Waals surface area (Å²) in [5.74, 6) is 3.53. The predicted octanol–water partition coefficient (Wildman–Crippen LogP) is 2.66. The number of nitrogens with zero attached hydrogens (tertiary/aromatic N) is 2. The van der Waals surface area contributed by atoms with Gasteiger partial charge in [-0.25, -0.2) is 0 Å². The van der Waals surface area contributed by atoms with Crippen molar-refractivity contribution in [2.75, 3.05) is 33.3 Å². The van der Waals surface area contributed by atoms with Gasteiger partial charge < -0.3 is 9.64 Å². The number of carbonyl (C=O) groups is 1. The van der Waals surface area contributed by atoms with Gasteiger partial charge in [-0.15, -0.1) is 6.42 Å². The summed E-state index contributed by atoms with van der Waals surface area (Å²) in [6, 6.07) is 7.11. The van der Waals surface area contributed by atoms with Gasteiger partial charge in [0.25, 0.3) is 0 Å². The van der Waals surface area contributed by atoms with Crippen LogP contribution in [0.2, 0.25) is 5.02 Å². The fraction of sp³-hybridized carbons (Fsp3) is 0.500. The van der Waals surface area contributed by atoms with E-state index in [0.717, 1.165) is 31.6 Å². The van der Waals surface area contributed by atoms with Crippen molar-refractivity contribution in [2.45, 2.75) is 25.3 Å². The molecule has 1 heterocycles. The third-order valence-corrected chi connectivity index (χ3v) is 4.33. The van der Waals surface area contributed by atoms with Crippen LogP contribution in [0.4, 0.5) is 0 Å². The lowest BCUT2D eigenvalue weighted by molar-refractivity contribution is -0.137. The highest BCUT2D eigenvalue weighted by atomic mass is 35.5. The minimum absolute atomic E-state index is 0.0969. The molecule has 0 aromatic heterocycles. The van der Waals surface area contributed by atoms with Gasteiger partial charge in [0.2, 0.25) is 5.91 Å². The molecule has 1 amide bonds. The van der Waals surface area contributed by atoms with Crippen LogP contribution in [-0.4, -0.2) is 55.0 Å². The first-order valence-electron chi connectivity index (χ1n) is 7.92. The summed E-state index contributed by atoms with van der Waals surface area (Å²) >= 11 is 5.84. The van der Waals surface area contributed by atoms with E-state index < -0.39 is 0 Å². The third kappa shape index (κ3) is 5.16. The Morgan fingerprint density at radius 1 is 1.43 bits per heavy atom. The van der Waals surface area contributed by atoms with Crippen LogP contribution in [0.25, 0.3) is 0 Å². The number of halogens is 1. The Kier molecular flexibility index (Phi) is 6.76. The SMILES string of the molecule is C#CCN1CCCCC1C(=O)N(C)CCOc1ccc(Cl)cc1. The highest BCUT2D eigenvalue weighted by molar-refractivity contribution is 6.30. The van der Waals surface area contributed by atoms with Crippen LogP contribution < -0.4 is 4.74 Å². The number of ether oxygens (including phenoxy) is 1. The molecule has 0 aliphatic carbocycles. The quantitative estimate of drug-likeness (QED) is 0.750. The number of hydrogen-bond acceptors (Lipinski definition) is 3. The van der Waals surface area contributed by atoms with E-state index in [4.69, 9.17) is 22.8 Å². The molecular weight excluding hydrogens is 312 g/mol. The molecule has 1 aromatic carbocycles. The van der Waals surface area contributed by atoms with Crippen molar-refractivity contribution in [1.29, 1.82) is 0 Å². The number of likely N-dealkylation sites (N-methyl/N-ethyl adjacent to an activating group) is 1. The van der Waals surface area contributed by atoms with E-state index in [-0.39, 0.29) is 11.9 Å². The Labute approximate surface area is 143 Å². The van der Waals surface area contributed by atoms with Gasteiger partial charge in [0, 0.05) is 12.1 Å². The Morgan fingerprint density at radius 2 is 2.17 bits per heavy atom. The lowest BCUT2D eigenvalue weighted by Crippen LogP contribution is -2.50. The molecule has 5 heteroatoms. The number of terminal acetylenes is 1. The molecule has 1 unspecified atom stereocenters. The zero-order chi connectivity index (χ0) is 16.7. The molecular formula is C18H23ClN2O2. The van der Waals surface area contributed by atoms with Gasteiger partial charge in [-0.05, 0) is 43.7 Å². The standard InChI is InChI=1S/C18H23ClN2O2/c1-3-11-21-12-5-4-6-17(21)18(22)20(2)13-14-23-16-9-7-15(19)8-10-16/h1,7-10,17H,4-6,11-14H2,2H3. The maximum Gasteiger partial charge on any atom is 0.239 e. The number of piperidine rings is 1. The molecule has 1 saturated heterocycles. The zero-order valence-electron chi connectivity index (χ0n) is 13.5. The summed E-state index contributed by atoms with van der Waals surface area (Å²) in [5.41, 5.74) is 0. The summed E-state index contributed by atoms with van der Waals surface area (Å²) in [7, 11) is 1.82. The van der Waals surface area contributed by atoms with E-state index >= 15 is 0 Å². The van der Waals surface area contributed by atoms with Gasteiger partial charge >= 0.3 is 0 Å². The molecule has 124 valence electrons. The van der Waals surface area contributed by atoms with Crippen LogP contribution in [0.1, 0.15) is 19.3 Å². The fourth-order valence-corrected chi connectivity index (χ4v) is 2.90. The second-order valence-electron chi connectivity index (χ2n) is 5.75. The average Bonchev–Trinajstić information content (AvgIpc) is 2.57. The van der Waals surface area contributed by atoms with E-state index in [0.29, 0.717) is 24.7 Å². The Hall–Kier alpha value is -1.70. The first kappa shape index (κ1) is 17.7. The van der Waals surface area contributed by atoms with Crippen LogP contribution >= 0.6 is 11.6 Å². The summed E-state index contributed by atoms with van der Waals surface area (Å²) in [5, 5.41) is 0.676. The lowest BCUT2D eigenvalue weighted by Gasteiger charge is -2.35. The summed E-state index contributed by atoms with van der Waals surface area (Å²) < 4.78 is 5.65. The molecule has 0 N–H and O–H groups in total. The maximum absolute atomic E-state index is 12.6. The summed E-state index contributed by atoms with van der Waals surface area (Å²) in [6.45, 7) is 2.43. The molecule has 2 rings (SSSR count). The second kappa shape index (κ2) is 8.81. The molecule has 0 saturated carbocycles. The topological polar surface area (TPSA) is 32.8 Å². The molecule has 1 atom stereocenters. The number of benzene rings is 1. The van der Waals surface area contributed by atoms with Gasteiger partial charge in [-0.3, -0.25) is 9.69 Å². The van der Waals surface area contributed by atoms with Crippen molar-refractivity contribution < 1.29 is 9.53 Å². The van der Waals surface area contributed by atoms with Crippen molar-refractivity contribution in [3.8, 4) is 18.1 Å². The van der Waals surface area contributed by atoms with Crippen LogP contribution in [-0.2, 0) is 4.79 Å². The van der Waals surface area contributed by atoms with E-state index in [2.05, 4.69) is 10.8 Å². The highest BCUT2D eigenvalue weighted by Gasteiger charge is 2.29. The van der Waals surface area contributed by atoms with Gasteiger partial charge in [-0.1, -0.05) is 23.9 Å². The van der Waals surface area contributed by atoms with Crippen molar-refractivity contribution in [1.82, 2.24) is 9.80 Å². The van der Waals surface area contributed by atoms with Crippen LogP contribution in [0.3, 0.4) is 0 Å². The molecule has 4 nitrogen and oxygen atoms in total. The first-order chi connectivity index (χ1) is 11.1. The third-order valence-electron chi connectivity index (χ3n) is 4.08. The Balaban J connectivity index is 1.81. The van der Waals surface area contributed by atoms with Crippen molar-refractivity contribution in [2.24, 2.45) is 0 Å². The molecule has 0 bridgehead atoms. The van der Waals surface area contributed by atoms with Crippen molar-refractivity contribution in [3.05, 3.63) is 29.3 Å². The van der Waals surface area contributed by atoms with Crippen molar-refractivity contribution >= 4 is 17.5 Å². The molecule has 0 spiro atoms. The first-order valence-corrected chi connectivity index (χ1v) is 8.30. The molecule has 0 radical (unpaired) electrons. The predicted molar refractivity (Wildman–Crippen MR) is 92.6 cm³/mol. The molecule has 23 heavy (non-hydrogen) atoms. The number of rotatable bonds is 6. The number of carbonyl (C=O) groups excluding carboxylic acids is 1. The molecule has 1 aliphatic heterocycles. The Morgan fingerprint density at radius 3 is 2.87 bits per heavy atom. The minimum Gasteiger partial charge on any atom is -0.492 e. The second-order valence-corrected chi connectivity index (χ2v) is 6.18. The number of amides is 1. The minimum atomic E-state index is -0.0969. The lowest BCUT2D eigenvalue weighted by atomic mass is 10.0. The van der Waals surface area contributed by atoms with Crippen LogP contribution in [0.15, 0.2) is 24.3 Å². The molecule has 1 aliphatic rings. The number of hydrogen-bond donors (Lipinski definition) is 0. The zero-order valence-corrected chi connectivity index (χ0v) is 14.3. The van der Waals surface area contributed by atoms with Crippen LogP contribution in [0, 0.1) is 12.3 Å². The van der Waals surface area contributed by atoms with Crippen molar-refractivity contribution in [3.63, 3.8) is 0 Å². The highest BCUT2D eigenvalue weighted by Crippen LogP contribution is 2.18. The maximum atomic E-state index is 12.6. The van der Waals surface area contributed by atoms with Gasteiger partial charge in [0.15, 0.2) is 0 Å². The van der Waals surface area contributed by atoms with E-state index in [1.54, 1.807) is 17.0 Å². The number of likely N-dealkylation sites (tertiary alicyclic amines) is 1. The van der Waals surface area contributed by atoms with Gasteiger partial charge in [-0.2, -0.15) is 0 Å². The summed E-state index contributed by atoms with van der Waals surface area (Å²) in [4.78, 5) is 16.4. The van der Waals surface area contributed by atoms with Gasteiger partial charge in [0.1, 0.15) is 12.4 Å². The van der Waals surface area contributed by atoms with E-state index in [1.807, 2.05) is 19.2 Å². The summed E-state index contributed by atoms with van der Waals surface area (Å²) in [6.07, 6.45) is 8.47. The largest absolute Gasteiger partial charge is 0.492 e. The van der Waals surface area contributed by atoms with Crippen LogP contribution in [0.5, 0.6) is 5.75 Å². The molecule has 1 aromatic rings. The smallest absolute Gasteiger partial charge is 0.239 e.